The third-order valence-corrected chi connectivity index (χ3v) is 3.20. The highest BCUT2D eigenvalue weighted by molar-refractivity contribution is 5.80. The maximum absolute atomic E-state index is 11.6. The Morgan fingerprint density at radius 3 is 2.93 bits per heavy atom. The number of nitrogens with one attached hydrogen (secondary N) is 1. The second kappa shape index (κ2) is 3.87. The molecule has 3 unspecified atom stereocenters. The highest BCUT2D eigenvalue weighted by atomic mass is 16.5. The van der Waals surface area contributed by atoms with Gasteiger partial charge >= 0.3 is 0 Å². The third-order valence-electron chi connectivity index (χ3n) is 3.20. The molecule has 0 saturated carbocycles. The molecule has 3 atom stereocenters. The lowest BCUT2D eigenvalue weighted by Gasteiger charge is -2.31. The van der Waals surface area contributed by atoms with E-state index < -0.39 is 0 Å². The zero-order valence-corrected chi connectivity index (χ0v) is 8.82. The van der Waals surface area contributed by atoms with Crippen LogP contribution in [0, 0.1) is 0 Å². The van der Waals surface area contributed by atoms with Crippen molar-refractivity contribution in [2.45, 2.75) is 45.0 Å². The smallest absolute Gasteiger partial charge is 0.238 e. The van der Waals surface area contributed by atoms with Crippen molar-refractivity contribution in [2.75, 3.05) is 13.2 Å². The van der Waals surface area contributed by atoms with Crippen LogP contribution in [-0.4, -0.2) is 42.3 Å². The van der Waals surface area contributed by atoms with Crippen molar-refractivity contribution < 1.29 is 9.53 Å². The lowest BCUT2D eigenvalue weighted by Crippen LogP contribution is -2.47. The van der Waals surface area contributed by atoms with E-state index in [9.17, 15) is 4.79 Å². The molecule has 2 fully saturated rings. The van der Waals surface area contributed by atoms with Gasteiger partial charge in [0.2, 0.25) is 5.91 Å². The van der Waals surface area contributed by atoms with Gasteiger partial charge in [-0.1, -0.05) is 0 Å². The van der Waals surface area contributed by atoms with Gasteiger partial charge in [-0.15, -0.1) is 0 Å². The van der Waals surface area contributed by atoms with Gasteiger partial charge in [0, 0.05) is 6.61 Å². The molecule has 0 aromatic heterocycles. The van der Waals surface area contributed by atoms with E-state index in [0.717, 1.165) is 19.4 Å². The summed E-state index contributed by atoms with van der Waals surface area (Å²) < 4.78 is 5.60. The minimum atomic E-state index is 0.154. The van der Waals surface area contributed by atoms with Crippen molar-refractivity contribution in [1.29, 1.82) is 0 Å². The minimum Gasteiger partial charge on any atom is -0.376 e. The molecule has 2 saturated heterocycles. The maximum atomic E-state index is 11.6. The average Bonchev–Trinajstić information content (AvgIpc) is 2.75. The fourth-order valence-electron chi connectivity index (χ4n) is 2.38. The first-order valence-electron chi connectivity index (χ1n) is 5.36. The highest BCUT2D eigenvalue weighted by Crippen LogP contribution is 2.22. The fourth-order valence-corrected chi connectivity index (χ4v) is 2.38. The molecule has 80 valence electrons. The van der Waals surface area contributed by atoms with E-state index in [1.165, 1.54) is 0 Å². The van der Waals surface area contributed by atoms with Crippen molar-refractivity contribution in [3.8, 4) is 0 Å². The van der Waals surface area contributed by atoms with Crippen molar-refractivity contribution in [1.82, 2.24) is 10.2 Å². The second-order valence-electron chi connectivity index (χ2n) is 4.15. The molecule has 4 heteroatoms. The Bertz CT molecular complexity index is 226. The molecule has 14 heavy (non-hydrogen) atoms. The number of carbonyl (C=O) groups is 1. The molecule has 0 aromatic carbocycles. The van der Waals surface area contributed by atoms with Gasteiger partial charge in [0.1, 0.15) is 0 Å². The molecule has 1 N–H and O–H groups in total. The van der Waals surface area contributed by atoms with Gasteiger partial charge in [0.05, 0.1) is 24.9 Å². The quantitative estimate of drug-likeness (QED) is 0.695. The normalized spacial score (nSPS) is 35.3. The van der Waals surface area contributed by atoms with Crippen LogP contribution in [0.3, 0.4) is 0 Å². The number of hydrogen-bond acceptors (Lipinski definition) is 3. The van der Waals surface area contributed by atoms with Crippen LogP contribution in [0.1, 0.15) is 26.7 Å². The van der Waals surface area contributed by atoms with Crippen LogP contribution in [0.15, 0.2) is 0 Å². The summed E-state index contributed by atoms with van der Waals surface area (Å²) in [7, 11) is 0. The summed E-state index contributed by atoms with van der Waals surface area (Å²) in [5.41, 5.74) is 0. The monoisotopic (exact) mass is 198 g/mol. The molecule has 0 spiro atoms. The third kappa shape index (κ3) is 1.64. The van der Waals surface area contributed by atoms with Gasteiger partial charge in [0.25, 0.3) is 0 Å². The van der Waals surface area contributed by atoms with Crippen LogP contribution in [0.4, 0.5) is 0 Å². The fraction of sp³-hybridized carbons (Fsp3) is 0.900. The first-order valence-corrected chi connectivity index (χ1v) is 5.36. The summed E-state index contributed by atoms with van der Waals surface area (Å²) in [5, 5.41) is 3.14. The lowest BCUT2D eigenvalue weighted by molar-refractivity contribution is -0.132. The Kier molecular flexibility index (Phi) is 2.74. The van der Waals surface area contributed by atoms with Crippen LogP contribution in [0.25, 0.3) is 0 Å². The number of nitrogens with zero attached hydrogens (tertiary/aromatic N) is 1. The molecule has 2 aliphatic rings. The highest BCUT2D eigenvalue weighted by Gasteiger charge is 2.36. The number of hydrogen-bond donors (Lipinski definition) is 1. The maximum Gasteiger partial charge on any atom is 0.238 e. The van der Waals surface area contributed by atoms with Gasteiger partial charge in [-0.2, -0.15) is 0 Å². The number of rotatable bonds is 2. The Balaban J connectivity index is 2.01. The van der Waals surface area contributed by atoms with Gasteiger partial charge < -0.3 is 9.64 Å². The number of amides is 1. The summed E-state index contributed by atoms with van der Waals surface area (Å²) in [6.45, 7) is 5.42. The molecule has 2 heterocycles. The van der Waals surface area contributed by atoms with E-state index in [1.807, 2.05) is 11.8 Å². The summed E-state index contributed by atoms with van der Waals surface area (Å²) in [5.74, 6) is 0.195. The van der Waals surface area contributed by atoms with Crippen molar-refractivity contribution >= 4 is 5.91 Å². The van der Waals surface area contributed by atoms with E-state index in [2.05, 4.69) is 12.2 Å². The summed E-state index contributed by atoms with van der Waals surface area (Å²) >= 11 is 0. The molecule has 2 rings (SSSR count). The minimum absolute atomic E-state index is 0.154. The van der Waals surface area contributed by atoms with E-state index in [-0.39, 0.29) is 24.2 Å². The first-order chi connectivity index (χ1) is 6.70. The molecular weight excluding hydrogens is 180 g/mol. The van der Waals surface area contributed by atoms with Gasteiger partial charge in [-0.25, -0.2) is 0 Å². The van der Waals surface area contributed by atoms with Gasteiger partial charge in [-0.3, -0.25) is 10.1 Å². The Labute approximate surface area is 84.6 Å². The standard InChI is InChI=1S/C10H18N2O2/c1-7(9-4-3-5-14-9)12-8(2)11-6-10(12)13/h7-9,11H,3-6H2,1-2H3. The molecule has 4 nitrogen and oxygen atoms in total. The van der Waals surface area contributed by atoms with E-state index in [4.69, 9.17) is 4.74 Å². The first kappa shape index (κ1) is 9.93. The Morgan fingerprint density at radius 1 is 1.64 bits per heavy atom. The summed E-state index contributed by atoms with van der Waals surface area (Å²) in [4.78, 5) is 13.5. The second-order valence-corrected chi connectivity index (χ2v) is 4.15. The average molecular weight is 198 g/mol. The molecule has 0 aliphatic carbocycles. The Morgan fingerprint density at radius 2 is 2.43 bits per heavy atom. The van der Waals surface area contributed by atoms with Crippen LogP contribution in [0.5, 0.6) is 0 Å². The van der Waals surface area contributed by atoms with Crippen LogP contribution in [-0.2, 0) is 9.53 Å². The van der Waals surface area contributed by atoms with Crippen LogP contribution in [0.2, 0.25) is 0 Å². The summed E-state index contributed by atoms with van der Waals surface area (Å²) in [6.07, 6.45) is 2.60. The van der Waals surface area contributed by atoms with Crippen LogP contribution >= 0.6 is 0 Å². The van der Waals surface area contributed by atoms with Crippen molar-refractivity contribution in [3.63, 3.8) is 0 Å². The predicted molar refractivity (Wildman–Crippen MR) is 52.7 cm³/mol. The predicted octanol–water partition coefficient (Wildman–Crippen LogP) is 0.332. The zero-order chi connectivity index (χ0) is 10.1. The SMILES string of the molecule is CC1NCC(=O)N1C(C)C1CCCO1. The molecule has 0 bridgehead atoms. The van der Waals surface area contributed by atoms with E-state index in [0.29, 0.717) is 6.54 Å². The topological polar surface area (TPSA) is 41.6 Å². The zero-order valence-electron chi connectivity index (χ0n) is 8.82. The molecule has 1 amide bonds. The van der Waals surface area contributed by atoms with E-state index in [1.54, 1.807) is 0 Å². The number of ether oxygens (including phenoxy) is 1. The van der Waals surface area contributed by atoms with Crippen LogP contribution < -0.4 is 5.32 Å². The van der Waals surface area contributed by atoms with Crippen molar-refractivity contribution in [3.05, 3.63) is 0 Å². The van der Waals surface area contributed by atoms with Crippen molar-refractivity contribution in [2.24, 2.45) is 0 Å². The summed E-state index contributed by atoms with van der Waals surface area (Å²) in [6, 6.07) is 0.204. The van der Waals surface area contributed by atoms with E-state index >= 15 is 0 Å². The number of carbonyl (C=O) groups excluding carboxylic acids is 1. The molecular formula is C10H18N2O2. The van der Waals surface area contributed by atoms with Gasteiger partial charge in [-0.05, 0) is 26.7 Å². The molecule has 0 aromatic rings. The Hall–Kier alpha value is -0.610. The molecule has 0 radical (unpaired) electrons. The largest absolute Gasteiger partial charge is 0.376 e. The molecule has 2 aliphatic heterocycles. The van der Waals surface area contributed by atoms with Gasteiger partial charge in [0.15, 0.2) is 0 Å². The lowest BCUT2D eigenvalue weighted by atomic mass is 10.1.